The molecule has 0 bridgehead atoms. The van der Waals surface area contributed by atoms with Gasteiger partial charge < -0.3 is 14.4 Å². The van der Waals surface area contributed by atoms with E-state index in [0.717, 1.165) is 41.5 Å². The molecule has 0 aromatic carbocycles. The van der Waals surface area contributed by atoms with Gasteiger partial charge in [0.2, 0.25) is 0 Å². The molecule has 5 nitrogen and oxygen atoms in total. The Morgan fingerprint density at radius 2 is 2.00 bits per heavy atom. The predicted octanol–water partition coefficient (Wildman–Crippen LogP) is 2.32. The number of carbonyl (C=O) groups excluding carboxylic acids is 1. The summed E-state index contributed by atoms with van der Waals surface area (Å²) >= 11 is 1.46. The van der Waals surface area contributed by atoms with Crippen LogP contribution in [0.3, 0.4) is 0 Å². The predicted molar refractivity (Wildman–Crippen MR) is 80.0 cm³/mol. The van der Waals surface area contributed by atoms with Crippen molar-refractivity contribution in [2.75, 3.05) is 32.2 Å². The second-order valence-electron chi connectivity index (χ2n) is 5.13. The fourth-order valence-corrected chi connectivity index (χ4v) is 3.47. The number of nitrogens with zero attached hydrogens (tertiary/aromatic N) is 2. The molecule has 0 radical (unpaired) electrons. The fraction of sp³-hybridized carbons (Fsp3) is 0.714. The normalized spacial score (nSPS) is 24.1. The minimum Gasteiger partial charge on any atom is -0.377 e. The fourth-order valence-electron chi connectivity index (χ4n) is 2.45. The van der Waals surface area contributed by atoms with E-state index in [1.54, 1.807) is 14.2 Å². The molecule has 0 aliphatic carbocycles. The molecule has 2 heterocycles. The Morgan fingerprint density at radius 3 is 2.45 bits per heavy atom. The van der Waals surface area contributed by atoms with Crippen molar-refractivity contribution in [2.24, 2.45) is 0 Å². The van der Waals surface area contributed by atoms with E-state index in [1.165, 1.54) is 11.3 Å². The summed E-state index contributed by atoms with van der Waals surface area (Å²) in [5.41, 5.74) is 0.914. The first-order valence-electron chi connectivity index (χ1n) is 6.91. The summed E-state index contributed by atoms with van der Waals surface area (Å²) in [7, 11) is 3.40. The van der Waals surface area contributed by atoms with Gasteiger partial charge in [-0.3, -0.25) is 4.79 Å². The molecule has 20 heavy (non-hydrogen) atoms. The molecular weight excluding hydrogens is 276 g/mol. The number of hydrogen-bond acceptors (Lipinski definition) is 6. The van der Waals surface area contributed by atoms with Crippen molar-refractivity contribution in [1.82, 2.24) is 4.98 Å². The van der Waals surface area contributed by atoms with Crippen LogP contribution in [0.1, 0.15) is 41.6 Å². The molecule has 0 N–H and O–H groups in total. The summed E-state index contributed by atoms with van der Waals surface area (Å²) in [4.78, 5) is 18.8. The Labute approximate surface area is 123 Å². The molecule has 1 aromatic rings. The molecule has 1 aromatic heterocycles. The van der Waals surface area contributed by atoms with Crippen molar-refractivity contribution in [1.29, 1.82) is 0 Å². The number of thiazole rings is 1. The largest absolute Gasteiger partial charge is 0.377 e. The summed E-state index contributed by atoms with van der Waals surface area (Å²) in [6.07, 6.45) is 2.00. The van der Waals surface area contributed by atoms with E-state index in [9.17, 15) is 4.79 Å². The average Bonchev–Trinajstić information content (AvgIpc) is 3.09. The van der Waals surface area contributed by atoms with Crippen LogP contribution in [0, 0.1) is 0 Å². The van der Waals surface area contributed by atoms with E-state index in [4.69, 9.17) is 9.47 Å². The molecule has 1 fully saturated rings. The number of aromatic nitrogens is 1. The van der Waals surface area contributed by atoms with Gasteiger partial charge in [-0.15, -0.1) is 0 Å². The molecule has 112 valence electrons. The van der Waals surface area contributed by atoms with Crippen molar-refractivity contribution in [3.8, 4) is 0 Å². The lowest BCUT2D eigenvalue weighted by atomic mass is 10.0. The Balaban J connectivity index is 2.22. The van der Waals surface area contributed by atoms with Crippen LogP contribution in [0.25, 0.3) is 0 Å². The molecule has 2 rings (SSSR count). The Bertz CT molecular complexity index is 451. The van der Waals surface area contributed by atoms with Gasteiger partial charge in [-0.1, -0.05) is 25.2 Å². The van der Waals surface area contributed by atoms with Gasteiger partial charge in [0, 0.05) is 27.3 Å². The summed E-state index contributed by atoms with van der Waals surface area (Å²) in [5, 5.41) is 0.893. The van der Waals surface area contributed by atoms with E-state index in [0.29, 0.717) is 5.92 Å². The quantitative estimate of drug-likeness (QED) is 0.754. The molecule has 1 aliphatic rings. The number of ether oxygens (including phenoxy) is 2. The lowest BCUT2D eigenvalue weighted by Crippen LogP contribution is -2.27. The van der Waals surface area contributed by atoms with Gasteiger partial charge in [-0.2, -0.15) is 0 Å². The number of methoxy groups -OCH3 is 2. The maximum absolute atomic E-state index is 11.2. The standard InChI is InChI=1S/C14H22N2O3S/c1-5-9(2)13-12(8-17)20-14(15-13)16-6-10(18-3)11(7-16)19-4/h8-11H,5-7H2,1-4H3. The number of aldehydes is 1. The minimum atomic E-state index is 0.0515. The third-order valence-corrected chi connectivity index (χ3v) is 5.00. The molecule has 0 saturated carbocycles. The average molecular weight is 298 g/mol. The zero-order valence-electron chi connectivity index (χ0n) is 12.5. The van der Waals surface area contributed by atoms with Crippen molar-refractivity contribution >= 4 is 22.8 Å². The maximum Gasteiger partial charge on any atom is 0.186 e. The number of rotatable bonds is 6. The first kappa shape index (κ1) is 15.4. The third-order valence-electron chi connectivity index (χ3n) is 3.95. The van der Waals surface area contributed by atoms with Crippen LogP contribution in [0.2, 0.25) is 0 Å². The van der Waals surface area contributed by atoms with E-state index < -0.39 is 0 Å². The Kier molecular flexibility index (Phi) is 5.12. The summed E-state index contributed by atoms with van der Waals surface area (Å²) < 4.78 is 10.9. The Morgan fingerprint density at radius 1 is 1.40 bits per heavy atom. The number of anilines is 1. The monoisotopic (exact) mass is 298 g/mol. The highest BCUT2D eigenvalue weighted by Gasteiger charge is 2.35. The summed E-state index contributed by atoms with van der Waals surface area (Å²) in [5.74, 6) is 0.305. The van der Waals surface area contributed by atoms with Crippen molar-refractivity contribution in [2.45, 2.75) is 38.4 Å². The van der Waals surface area contributed by atoms with E-state index in [-0.39, 0.29) is 12.2 Å². The molecular formula is C14H22N2O3S. The second kappa shape index (κ2) is 6.65. The summed E-state index contributed by atoms with van der Waals surface area (Å²) in [6.45, 7) is 5.71. The highest BCUT2D eigenvalue weighted by atomic mass is 32.1. The zero-order chi connectivity index (χ0) is 14.7. The first-order chi connectivity index (χ1) is 9.64. The van der Waals surface area contributed by atoms with Crippen LogP contribution in [0.15, 0.2) is 0 Å². The van der Waals surface area contributed by atoms with Gasteiger partial charge in [0.05, 0.1) is 10.6 Å². The summed E-state index contributed by atoms with van der Waals surface area (Å²) in [6, 6.07) is 0. The van der Waals surface area contributed by atoms with Crippen LogP contribution in [0.4, 0.5) is 5.13 Å². The second-order valence-corrected chi connectivity index (χ2v) is 6.14. The van der Waals surface area contributed by atoms with Gasteiger partial charge in [-0.05, 0) is 12.3 Å². The smallest absolute Gasteiger partial charge is 0.186 e. The zero-order valence-corrected chi connectivity index (χ0v) is 13.3. The molecule has 1 saturated heterocycles. The first-order valence-corrected chi connectivity index (χ1v) is 7.72. The molecule has 0 amide bonds. The lowest BCUT2D eigenvalue weighted by Gasteiger charge is -2.13. The van der Waals surface area contributed by atoms with Crippen LogP contribution >= 0.6 is 11.3 Å². The molecule has 3 atom stereocenters. The molecule has 0 spiro atoms. The maximum atomic E-state index is 11.2. The van der Waals surface area contributed by atoms with Gasteiger partial charge in [-0.25, -0.2) is 4.98 Å². The number of hydrogen-bond donors (Lipinski definition) is 0. The van der Waals surface area contributed by atoms with E-state index in [2.05, 4.69) is 23.7 Å². The molecule has 6 heteroatoms. The minimum absolute atomic E-state index is 0.0515. The number of carbonyl (C=O) groups is 1. The highest BCUT2D eigenvalue weighted by Crippen LogP contribution is 2.33. The van der Waals surface area contributed by atoms with Crippen molar-refractivity contribution in [3.05, 3.63) is 10.6 Å². The van der Waals surface area contributed by atoms with E-state index >= 15 is 0 Å². The topological polar surface area (TPSA) is 51.7 Å². The Hall–Kier alpha value is -0.980. The van der Waals surface area contributed by atoms with Crippen molar-refractivity contribution in [3.63, 3.8) is 0 Å². The van der Waals surface area contributed by atoms with Gasteiger partial charge in [0.25, 0.3) is 0 Å². The van der Waals surface area contributed by atoms with Gasteiger partial charge >= 0.3 is 0 Å². The molecule has 3 unspecified atom stereocenters. The van der Waals surface area contributed by atoms with Gasteiger partial charge in [0.15, 0.2) is 11.4 Å². The van der Waals surface area contributed by atoms with E-state index in [1.807, 2.05) is 0 Å². The lowest BCUT2D eigenvalue weighted by molar-refractivity contribution is -0.00461. The molecule has 1 aliphatic heterocycles. The van der Waals surface area contributed by atoms with Crippen LogP contribution in [0.5, 0.6) is 0 Å². The van der Waals surface area contributed by atoms with Gasteiger partial charge in [0.1, 0.15) is 12.2 Å². The SMILES string of the molecule is CCC(C)c1nc(N2CC(OC)C(OC)C2)sc1C=O. The van der Waals surface area contributed by atoms with Crippen LogP contribution in [-0.2, 0) is 9.47 Å². The third kappa shape index (κ3) is 2.87. The van der Waals surface area contributed by atoms with Crippen LogP contribution < -0.4 is 4.90 Å². The van der Waals surface area contributed by atoms with Crippen molar-refractivity contribution < 1.29 is 14.3 Å². The highest BCUT2D eigenvalue weighted by molar-refractivity contribution is 7.17. The van der Waals surface area contributed by atoms with Crippen LogP contribution in [-0.4, -0.2) is 50.8 Å².